The zero-order chi connectivity index (χ0) is 14.4. The summed E-state index contributed by atoms with van der Waals surface area (Å²) >= 11 is 1.30. The molecule has 1 aromatic heterocycles. The van der Waals surface area contributed by atoms with Crippen LogP contribution in [0.1, 0.15) is 47.0 Å². The zero-order valence-corrected chi connectivity index (χ0v) is 12.0. The molecule has 0 radical (unpaired) electrons. The second-order valence-corrected chi connectivity index (χ2v) is 6.45. The number of carboxylic acid groups (broad SMARTS) is 1. The fourth-order valence-corrected chi connectivity index (χ4v) is 4.33. The van der Waals surface area contributed by atoms with Crippen molar-refractivity contribution in [3.63, 3.8) is 0 Å². The Kier molecular flexibility index (Phi) is 3.12. The fraction of sp³-hybridized carbons (Fsp3) is 0.500. The predicted octanol–water partition coefficient (Wildman–Crippen LogP) is 2.22. The lowest BCUT2D eigenvalue weighted by atomic mass is 9.95. The number of hydrogen-bond acceptors (Lipinski definition) is 4. The number of thiophene rings is 1. The second kappa shape index (κ2) is 4.70. The maximum atomic E-state index is 12.1. The first-order chi connectivity index (χ1) is 9.50. The van der Waals surface area contributed by atoms with E-state index in [0.717, 1.165) is 41.0 Å². The summed E-state index contributed by atoms with van der Waals surface area (Å²) in [6.07, 6.45) is 3.72. The smallest absolute Gasteiger partial charge is 0.339 e. The Bertz CT molecular complexity index is 619. The number of hydrogen-bond donors (Lipinski definition) is 1. The molecule has 1 fully saturated rings. The highest BCUT2D eigenvalue weighted by Gasteiger charge is 2.41. The van der Waals surface area contributed by atoms with Crippen molar-refractivity contribution in [2.24, 2.45) is 5.92 Å². The van der Waals surface area contributed by atoms with E-state index in [1.165, 1.54) is 11.3 Å². The maximum absolute atomic E-state index is 12.1. The summed E-state index contributed by atoms with van der Waals surface area (Å²) in [4.78, 5) is 37.8. The highest BCUT2D eigenvalue weighted by Crippen LogP contribution is 2.42. The van der Waals surface area contributed by atoms with Gasteiger partial charge in [0.15, 0.2) is 0 Å². The van der Waals surface area contributed by atoms with Crippen molar-refractivity contribution in [1.82, 2.24) is 0 Å². The standard InChI is InChI=1S/C14H15NO4S/c1-7-6-10(16)15(12(7)17)13-11(14(18)19)8-4-2-3-5-9(8)20-13/h7H,2-6H2,1H3,(H,18,19). The molecule has 1 aromatic rings. The minimum atomic E-state index is -1.04. The van der Waals surface area contributed by atoms with Crippen LogP contribution in [0.15, 0.2) is 0 Å². The first-order valence-corrected chi connectivity index (χ1v) is 7.57. The van der Waals surface area contributed by atoms with E-state index in [1.807, 2.05) is 0 Å². The third kappa shape index (κ3) is 1.86. The van der Waals surface area contributed by atoms with Gasteiger partial charge in [0.2, 0.25) is 11.8 Å². The van der Waals surface area contributed by atoms with E-state index in [1.54, 1.807) is 6.92 Å². The van der Waals surface area contributed by atoms with Crippen molar-refractivity contribution in [2.75, 3.05) is 4.90 Å². The van der Waals surface area contributed by atoms with E-state index in [2.05, 4.69) is 0 Å². The van der Waals surface area contributed by atoms with Gasteiger partial charge in [-0.3, -0.25) is 9.59 Å². The van der Waals surface area contributed by atoms with Gasteiger partial charge in [-0.1, -0.05) is 6.92 Å². The summed E-state index contributed by atoms with van der Waals surface area (Å²) in [7, 11) is 0. The molecular formula is C14H15NO4S. The van der Waals surface area contributed by atoms with Crippen LogP contribution >= 0.6 is 11.3 Å². The first kappa shape index (κ1) is 13.3. The van der Waals surface area contributed by atoms with Crippen LogP contribution in [0, 0.1) is 5.92 Å². The van der Waals surface area contributed by atoms with Gasteiger partial charge in [0.25, 0.3) is 0 Å². The van der Waals surface area contributed by atoms with E-state index >= 15 is 0 Å². The largest absolute Gasteiger partial charge is 0.478 e. The number of carbonyl (C=O) groups is 3. The molecule has 1 unspecified atom stereocenters. The second-order valence-electron chi connectivity index (χ2n) is 5.37. The van der Waals surface area contributed by atoms with Crippen molar-refractivity contribution < 1.29 is 19.5 Å². The van der Waals surface area contributed by atoms with Gasteiger partial charge < -0.3 is 5.11 Å². The zero-order valence-electron chi connectivity index (χ0n) is 11.1. The number of aromatic carboxylic acids is 1. The van der Waals surface area contributed by atoms with Crippen molar-refractivity contribution in [2.45, 2.75) is 39.0 Å². The molecule has 1 N–H and O–H groups in total. The highest BCUT2D eigenvalue weighted by atomic mass is 32.1. The monoisotopic (exact) mass is 293 g/mol. The Morgan fingerprint density at radius 1 is 1.30 bits per heavy atom. The van der Waals surface area contributed by atoms with E-state index in [-0.39, 0.29) is 29.7 Å². The average molecular weight is 293 g/mol. The molecule has 0 aromatic carbocycles. The molecule has 1 aliphatic carbocycles. The molecule has 2 amide bonds. The molecule has 1 aliphatic heterocycles. The Morgan fingerprint density at radius 3 is 2.60 bits per heavy atom. The molecule has 20 heavy (non-hydrogen) atoms. The van der Waals surface area contributed by atoms with Crippen LogP contribution < -0.4 is 4.90 Å². The van der Waals surface area contributed by atoms with Crippen LogP contribution in [-0.2, 0) is 22.4 Å². The van der Waals surface area contributed by atoms with Gasteiger partial charge in [0.05, 0.1) is 5.56 Å². The number of carboxylic acids is 1. The Labute approximate surface area is 120 Å². The lowest BCUT2D eigenvalue weighted by Crippen LogP contribution is -2.30. The number of fused-ring (bicyclic) bond motifs is 1. The molecule has 5 nitrogen and oxygen atoms in total. The van der Waals surface area contributed by atoms with Crippen molar-refractivity contribution >= 4 is 34.1 Å². The van der Waals surface area contributed by atoms with Crippen LogP contribution in [0.4, 0.5) is 5.00 Å². The van der Waals surface area contributed by atoms with Crippen molar-refractivity contribution in [3.8, 4) is 0 Å². The number of imide groups is 1. The molecule has 1 saturated heterocycles. The molecule has 6 heteroatoms. The number of amides is 2. The molecule has 0 bridgehead atoms. The maximum Gasteiger partial charge on any atom is 0.339 e. The summed E-state index contributed by atoms with van der Waals surface area (Å²) in [5.41, 5.74) is 0.990. The SMILES string of the molecule is CC1CC(=O)N(c2sc3c(c2C(=O)O)CCCC3)C1=O. The molecule has 2 heterocycles. The van der Waals surface area contributed by atoms with Gasteiger partial charge in [0.1, 0.15) is 5.00 Å². The van der Waals surface area contributed by atoms with E-state index < -0.39 is 5.97 Å². The van der Waals surface area contributed by atoms with Crippen molar-refractivity contribution in [1.29, 1.82) is 0 Å². The lowest BCUT2D eigenvalue weighted by molar-refractivity contribution is -0.122. The minimum Gasteiger partial charge on any atom is -0.478 e. The predicted molar refractivity (Wildman–Crippen MR) is 74.2 cm³/mol. The fourth-order valence-electron chi connectivity index (χ4n) is 2.93. The van der Waals surface area contributed by atoms with Crippen LogP contribution in [0.2, 0.25) is 0 Å². The van der Waals surface area contributed by atoms with Crippen LogP contribution in [0.3, 0.4) is 0 Å². The summed E-state index contributed by atoms with van der Waals surface area (Å²) in [5.74, 6) is -1.97. The van der Waals surface area contributed by atoms with Gasteiger partial charge >= 0.3 is 5.97 Å². The molecule has 0 spiro atoms. The average Bonchev–Trinajstić information content (AvgIpc) is 2.87. The van der Waals surface area contributed by atoms with Gasteiger partial charge in [0, 0.05) is 17.2 Å². The van der Waals surface area contributed by atoms with Crippen molar-refractivity contribution in [3.05, 3.63) is 16.0 Å². The summed E-state index contributed by atoms with van der Waals surface area (Å²) < 4.78 is 0. The summed E-state index contributed by atoms with van der Waals surface area (Å²) in [6, 6.07) is 0. The normalized spacial score (nSPS) is 22.2. The van der Waals surface area contributed by atoms with Gasteiger partial charge in [-0.25, -0.2) is 9.69 Å². The van der Waals surface area contributed by atoms with Crippen LogP contribution in [-0.4, -0.2) is 22.9 Å². The lowest BCUT2D eigenvalue weighted by Gasteiger charge is -2.14. The Morgan fingerprint density at radius 2 is 2.00 bits per heavy atom. The Hall–Kier alpha value is -1.69. The third-order valence-electron chi connectivity index (χ3n) is 3.94. The van der Waals surface area contributed by atoms with Gasteiger partial charge in [-0.05, 0) is 31.2 Å². The number of nitrogens with zero attached hydrogens (tertiary/aromatic N) is 1. The van der Waals surface area contributed by atoms with Crippen LogP contribution in [0.5, 0.6) is 0 Å². The highest BCUT2D eigenvalue weighted by molar-refractivity contribution is 7.17. The molecular weight excluding hydrogens is 278 g/mol. The number of anilines is 1. The molecule has 1 atom stereocenters. The van der Waals surface area contributed by atoms with Gasteiger partial charge in [-0.2, -0.15) is 0 Å². The summed E-state index contributed by atoms with van der Waals surface area (Å²) in [5, 5.41) is 9.79. The third-order valence-corrected chi connectivity index (χ3v) is 5.22. The number of carbonyl (C=O) groups excluding carboxylic acids is 2. The number of rotatable bonds is 2. The summed E-state index contributed by atoms with van der Waals surface area (Å²) in [6.45, 7) is 1.70. The quantitative estimate of drug-likeness (QED) is 0.848. The van der Waals surface area contributed by atoms with E-state index in [4.69, 9.17) is 0 Å². The molecule has 2 aliphatic rings. The first-order valence-electron chi connectivity index (χ1n) is 6.75. The minimum absolute atomic E-state index is 0.167. The molecule has 106 valence electrons. The van der Waals surface area contributed by atoms with Crippen LogP contribution in [0.25, 0.3) is 0 Å². The van der Waals surface area contributed by atoms with Gasteiger partial charge in [-0.15, -0.1) is 11.3 Å². The number of aryl methyl sites for hydroxylation is 1. The van der Waals surface area contributed by atoms with E-state index in [9.17, 15) is 19.5 Å². The van der Waals surface area contributed by atoms with E-state index in [0.29, 0.717) is 5.00 Å². The molecule has 0 saturated carbocycles. The molecule has 3 rings (SSSR count). The topological polar surface area (TPSA) is 74.7 Å². The Balaban J connectivity index is 2.14.